The minimum atomic E-state index is -3.35. The molecule has 2 heterocycles. The Morgan fingerprint density at radius 2 is 1.81 bits per heavy atom. The Bertz CT molecular complexity index is 1100. The molecule has 0 N–H and O–H groups in total. The summed E-state index contributed by atoms with van der Waals surface area (Å²) in [5.74, 6) is -1.51. The van der Waals surface area contributed by atoms with Crippen LogP contribution in [0.25, 0.3) is 0 Å². The van der Waals surface area contributed by atoms with E-state index in [-0.39, 0.29) is 17.8 Å². The van der Waals surface area contributed by atoms with Crippen molar-refractivity contribution in [2.24, 2.45) is 0 Å². The van der Waals surface area contributed by atoms with Crippen molar-refractivity contribution in [3.8, 4) is 5.75 Å². The van der Waals surface area contributed by atoms with Crippen molar-refractivity contribution in [3.63, 3.8) is 0 Å². The van der Waals surface area contributed by atoms with Crippen molar-refractivity contribution >= 4 is 21.6 Å². The van der Waals surface area contributed by atoms with Crippen LogP contribution >= 0.6 is 0 Å². The van der Waals surface area contributed by atoms with E-state index >= 15 is 0 Å². The maximum Gasteiger partial charge on any atom is 0.253 e. The zero-order chi connectivity index (χ0) is 22.2. The highest BCUT2D eigenvalue weighted by Gasteiger charge is 2.28. The van der Waals surface area contributed by atoms with Crippen LogP contribution in [0.15, 0.2) is 36.4 Å². The molecule has 0 aromatic heterocycles. The van der Waals surface area contributed by atoms with Crippen LogP contribution in [0.3, 0.4) is 0 Å². The van der Waals surface area contributed by atoms with E-state index in [0.717, 1.165) is 24.1 Å². The van der Waals surface area contributed by atoms with Crippen molar-refractivity contribution in [3.05, 3.63) is 59.2 Å². The Kier molecular flexibility index (Phi) is 5.88. The molecule has 2 aliphatic rings. The number of hydrogen-bond acceptors (Lipinski definition) is 4. The number of carbonyl (C=O) groups is 1. The molecule has 9 heteroatoms. The maximum atomic E-state index is 13.8. The zero-order valence-electron chi connectivity index (χ0n) is 17.2. The summed E-state index contributed by atoms with van der Waals surface area (Å²) in [5.41, 5.74) is 2.02. The topological polar surface area (TPSA) is 66.9 Å². The van der Waals surface area contributed by atoms with Gasteiger partial charge in [0.1, 0.15) is 11.9 Å². The molecule has 1 amide bonds. The SMILES string of the molecule is CS(=O)(=O)N1CCCc2cc(C(=O)N3CCC(Oc4ccc(F)cc4F)CC3)ccc21. The second kappa shape index (κ2) is 8.45. The number of halogens is 2. The third kappa shape index (κ3) is 4.66. The average molecular weight is 451 g/mol. The first-order valence-electron chi connectivity index (χ1n) is 10.2. The largest absolute Gasteiger partial charge is 0.487 e. The van der Waals surface area contributed by atoms with Gasteiger partial charge >= 0.3 is 0 Å². The molecule has 1 fully saturated rings. The van der Waals surface area contributed by atoms with Gasteiger partial charge in [0.05, 0.1) is 11.9 Å². The molecule has 2 aromatic carbocycles. The molecule has 0 bridgehead atoms. The van der Waals surface area contributed by atoms with Crippen LogP contribution in [0, 0.1) is 11.6 Å². The van der Waals surface area contributed by atoms with Gasteiger partial charge in [0.15, 0.2) is 11.6 Å². The highest BCUT2D eigenvalue weighted by molar-refractivity contribution is 7.92. The number of amides is 1. The van der Waals surface area contributed by atoms with Gasteiger partial charge in [0.25, 0.3) is 5.91 Å². The molecule has 6 nitrogen and oxygen atoms in total. The fourth-order valence-electron chi connectivity index (χ4n) is 4.15. The number of rotatable bonds is 4. The summed E-state index contributed by atoms with van der Waals surface area (Å²) in [6, 6.07) is 8.37. The number of aryl methyl sites for hydroxylation is 1. The van der Waals surface area contributed by atoms with Gasteiger partial charge in [-0.1, -0.05) is 0 Å². The van der Waals surface area contributed by atoms with E-state index in [0.29, 0.717) is 50.1 Å². The van der Waals surface area contributed by atoms with Gasteiger partial charge in [-0.15, -0.1) is 0 Å². The zero-order valence-corrected chi connectivity index (χ0v) is 18.0. The molecule has 0 spiro atoms. The summed E-state index contributed by atoms with van der Waals surface area (Å²) in [6.07, 6.45) is 3.44. The standard InChI is InChI=1S/C22H24F2N2O4S/c1-31(28,29)26-10-2-3-15-13-16(4-6-20(15)26)22(27)25-11-8-18(9-12-25)30-21-7-5-17(23)14-19(21)24/h4-7,13-14,18H,2-3,8-12H2,1H3. The Labute approximate surface area is 180 Å². The van der Waals surface area contributed by atoms with Crippen molar-refractivity contribution < 1.29 is 26.7 Å². The Balaban J connectivity index is 1.41. The molecule has 1 saturated heterocycles. The van der Waals surface area contributed by atoms with Crippen LogP contribution in [0.4, 0.5) is 14.5 Å². The number of sulfonamides is 1. The Morgan fingerprint density at radius 3 is 2.48 bits per heavy atom. The quantitative estimate of drug-likeness (QED) is 0.717. The number of fused-ring (bicyclic) bond motifs is 1. The van der Waals surface area contributed by atoms with Gasteiger partial charge < -0.3 is 9.64 Å². The van der Waals surface area contributed by atoms with Crippen molar-refractivity contribution in [2.75, 3.05) is 30.2 Å². The first kappa shape index (κ1) is 21.5. The van der Waals surface area contributed by atoms with Crippen molar-refractivity contribution in [1.29, 1.82) is 0 Å². The fourth-order valence-corrected chi connectivity index (χ4v) is 5.15. The maximum absolute atomic E-state index is 13.8. The molecular weight excluding hydrogens is 426 g/mol. The van der Waals surface area contributed by atoms with E-state index in [1.165, 1.54) is 16.6 Å². The van der Waals surface area contributed by atoms with Crippen LogP contribution in [0.2, 0.25) is 0 Å². The van der Waals surface area contributed by atoms with E-state index in [4.69, 9.17) is 4.74 Å². The van der Waals surface area contributed by atoms with Crippen LogP contribution in [0.5, 0.6) is 5.75 Å². The lowest BCUT2D eigenvalue weighted by Crippen LogP contribution is -2.42. The predicted octanol–water partition coefficient (Wildman–Crippen LogP) is 3.36. The summed E-state index contributed by atoms with van der Waals surface area (Å²) in [4.78, 5) is 14.7. The van der Waals surface area contributed by atoms with E-state index in [1.54, 1.807) is 23.1 Å². The smallest absolute Gasteiger partial charge is 0.253 e. The monoisotopic (exact) mass is 450 g/mol. The summed E-state index contributed by atoms with van der Waals surface area (Å²) < 4.78 is 57.9. The van der Waals surface area contributed by atoms with Gasteiger partial charge in [-0.3, -0.25) is 9.10 Å². The van der Waals surface area contributed by atoms with Crippen LogP contribution in [-0.4, -0.2) is 51.2 Å². The predicted molar refractivity (Wildman–Crippen MR) is 113 cm³/mol. The molecule has 31 heavy (non-hydrogen) atoms. The molecule has 0 unspecified atom stereocenters. The molecule has 2 aromatic rings. The normalized spacial score (nSPS) is 17.4. The Hall–Kier alpha value is -2.68. The number of hydrogen-bond donors (Lipinski definition) is 0. The molecule has 0 atom stereocenters. The number of carbonyl (C=O) groups excluding carboxylic acids is 1. The number of ether oxygens (including phenoxy) is 1. The lowest BCUT2D eigenvalue weighted by atomic mass is 9.99. The van der Waals surface area contributed by atoms with Gasteiger partial charge in [-0.2, -0.15) is 0 Å². The number of likely N-dealkylation sites (tertiary alicyclic amines) is 1. The average Bonchev–Trinajstić information content (AvgIpc) is 2.74. The first-order valence-corrected chi connectivity index (χ1v) is 12.1. The second-order valence-electron chi connectivity index (χ2n) is 7.97. The number of nitrogens with zero attached hydrogens (tertiary/aromatic N) is 2. The highest BCUT2D eigenvalue weighted by atomic mass is 32.2. The summed E-state index contributed by atoms with van der Waals surface area (Å²) in [6.45, 7) is 1.36. The summed E-state index contributed by atoms with van der Waals surface area (Å²) in [5, 5.41) is 0. The molecule has 2 aliphatic heterocycles. The van der Waals surface area contributed by atoms with Gasteiger partial charge in [-0.25, -0.2) is 17.2 Å². The fraction of sp³-hybridized carbons (Fsp3) is 0.409. The molecule has 166 valence electrons. The first-order chi connectivity index (χ1) is 14.7. The van der Waals surface area contributed by atoms with Gasteiger partial charge in [-0.05, 0) is 48.7 Å². The van der Waals surface area contributed by atoms with E-state index in [2.05, 4.69) is 0 Å². The van der Waals surface area contributed by atoms with E-state index < -0.39 is 21.7 Å². The number of piperidine rings is 1. The third-order valence-electron chi connectivity index (χ3n) is 5.72. The molecule has 0 saturated carbocycles. The van der Waals surface area contributed by atoms with Gasteiger partial charge in [0.2, 0.25) is 10.0 Å². The van der Waals surface area contributed by atoms with Crippen LogP contribution in [0.1, 0.15) is 35.2 Å². The van der Waals surface area contributed by atoms with E-state index in [9.17, 15) is 22.0 Å². The molecule has 0 radical (unpaired) electrons. The third-order valence-corrected chi connectivity index (χ3v) is 6.90. The lowest BCUT2D eigenvalue weighted by molar-refractivity contribution is 0.0588. The minimum Gasteiger partial charge on any atom is -0.487 e. The summed E-state index contributed by atoms with van der Waals surface area (Å²) in [7, 11) is -3.35. The summed E-state index contributed by atoms with van der Waals surface area (Å²) >= 11 is 0. The van der Waals surface area contributed by atoms with Gasteiger partial charge in [0, 0.05) is 44.1 Å². The Morgan fingerprint density at radius 1 is 1.06 bits per heavy atom. The van der Waals surface area contributed by atoms with Crippen molar-refractivity contribution in [1.82, 2.24) is 4.90 Å². The molecule has 0 aliphatic carbocycles. The van der Waals surface area contributed by atoms with Crippen LogP contribution in [-0.2, 0) is 16.4 Å². The van der Waals surface area contributed by atoms with Crippen LogP contribution < -0.4 is 9.04 Å². The van der Waals surface area contributed by atoms with E-state index in [1.807, 2.05) is 0 Å². The lowest BCUT2D eigenvalue weighted by Gasteiger charge is -2.33. The van der Waals surface area contributed by atoms with Crippen molar-refractivity contribution in [2.45, 2.75) is 31.8 Å². The molecule has 4 rings (SSSR count). The number of anilines is 1. The highest BCUT2D eigenvalue weighted by Crippen LogP contribution is 2.31. The number of benzene rings is 2. The minimum absolute atomic E-state index is 0.0105. The molecular formula is C22H24F2N2O4S. The second-order valence-corrected chi connectivity index (χ2v) is 9.87.